The number of carbonyl (C=O) groups is 1. The molecule has 0 aliphatic heterocycles. The van der Waals surface area contributed by atoms with Crippen molar-refractivity contribution in [2.45, 2.75) is 17.6 Å². The molecule has 2 rings (SSSR count). The molecule has 4 heteroatoms. The van der Waals surface area contributed by atoms with Gasteiger partial charge in [0.25, 0.3) is 0 Å². The molecule has 0 bridgehead atoms. The van der Waals surface area contributed by atoms with Crippen molar-refractivity contribution in [3.8, 4) is 0 Å². The van der Waals surface area contributed by atoms with E-state index in [0.29, 0.717) is 0 Å². The molecule has 0 N–H and O–H groups in total. The van der Waals surface area contributed by atoms with Crippen LogP contribution in [0.5, 0.6) is 0 Å². The number of nitrogens with zero attached hydrogens (tertiary/aromatic N) is 1. The van der Waals surface area contributed by atoms with E-state index in [1.807, 2.05) is 36.0 Å². The van der Waals surface area contributed by atoms with Crippen LogP contribution < -0.4 is 0 Å². The zero-order valence-electron chi connectivity index (χ0n) is 8.84. The van der Waals surface area contributed by atoms with Crippen LogP contribution in [0, 0.1) is 0 Å². The molecule has 2 nitrogen and oxygen atoms in total. The number of hydrogen-bond acceptors (Lipinski definition) is 4. The molecule has 1 aromatic carbocycles. The fraction of sp³-hybridized carbons (Fsp3) is 0.167. The summed E-state index contributed by atoms with van der Waals surface area (Å²) in [6.45, 7) is 1.59. The molecule has 0 spiro atoms. The summed E-state index contributed by atoms with van der Waals surface area (Å²) in [6, 6.07) is 7.73. The monoisotopic (exact) mass is 249 g/mol. The normalized spacial score (nSPS) is 10.3. The number of carbonyl (C=O) groups excluding carboxylic acids is 1. The summed E-state index contributed by atoms with van der Waals surface area (Å²) in [5, 5.41) is 0. The second kappa shape index (κ2) is 5.27. The molecule has 1 aromatic heterocycles. The van der Waals surface area contributed by atoms with Crippen molar-refractivity contribution in [1.29, 1.82) is 0 Å². The molecule has 0 saturated carbocycles. The van der Waals surface area contributed by atoms with Gasteiger partial charge in [-0.25, -0.2) is 0 Å². The first-order chi connectivity index (χ1) is 7.75. The van der Waals surface area contributed by atoms with Gasteiger partial charge in [0.15, 0.2) is 5.78 Å². The lowest BCUT2D eigenvalue weighted by molar-refractivity contribution is 0.101. The van der Waals surface area contributed by atoms with Gasteiger partial charge < -0.3 is 0 Å². The van der Waals surface area contributed by atoms with Crippen molar-refractivity contribution in [1.82, 2.24) is 4.98 Å². The van der Waals surface area contributed by atoms with Crippen molar-refractivity contribution in [3.63, 3.8) is 0 Å². The Kier molecular flexibility index (Phi) is 3.74. The molecule has 82 valence electrons. The van der Waals surface area contributed by atoms with Crippen molar-refractivity contribution in [2.75, 3.05) is 0 Å². The first-order valence-electron chi connectivity index (χ1n) is 4.87. The van der Waals surface area contributed by atoms with Crippen LogP contribution >= 0.6 is 23.1 Å². The number of rotatable bonds is 4. The quantitative estimate of drug-likeness (QED) is 0.612. The van der Waals surface area contributed by atoms with Gasteiger partial charge in [0, 0.05) is 27.3 Å². The summed E-state index contributed by atoms with van der Waals surface area (Å²) in [6.07, 6.45) is 1.88. The minimum absolute atomic E-state index is 0.111. The molecule has 0 atom stereocenters. The summed E-state index contributed by atoms with van der Waals surface area (Å²) in [5.74, 6) is 1.02. The van der Waals surface area contributed by atoms with Crippen LogP contribution in [0.1, 0.15) is 22.2 Å². The van der Waals surface area contributed by atoms with Crippen molar-refractivity contribution in [2.24, 2.45) is 0 Å². The van der Waals surface area contributed by atoms with E-state index in [-0.39, 0.29) is 5.78 Å². The third-order valence-corrected chi connectivity index (χ3v) is 4.11. The number of benzene rings is 1. The van der Waals surface area contributed by atoms with Gasteiger partial charge in [-0.3, -0.25) is 9.78 Å². The zero-order valence-corrected chi connectivity index (χ0v) is 10.5. The lowest BCUT2D eigenvalue weighted by atomic mass is 10.2. The Bertz CT molecular complexity index is 480. The third kappa shape index (κ3) is 2.93. The van der Waals surface area contributed by atoms with E-state index in [4.69, 9.17) is 0 Å². The largest absolute Gasteiger partial charge is 0.295 e. The zero-order chi connectivity index (χ0) is 11.4. The fourth-order valence-corrected chi connectivity index (χ4v) is 2.87. The summed E-state index contributed by atoms with van der Waals surface area (Å²) < 4.78 is 0. The molecular formula is C12H11NOS2. The second-order valence-electron chi connectivity index (χ2n) is 3.34. The highest BCUT2D eigenvalue weighted by Gasteiger charge is 2.02. The Labute approximate surface area is 103 Å². The molecule has 1 heterocycles. The topological polar surface area (TPSA) is 30.0 Å². The van der Waals surface area contributed by atoms with Gasteiger partial charge in [-0.05, 0) is 19.1 Å². The SMILES string of the molecule is CC(=O)c1cccc(SCc2cncs2)c1. The predicted octanol–water partition coefficient (Wildman–Crippen LogP) is 3.64. The Morgan fingerprint density at radius 3 is 3.06 bits per heavy atom. The molecule has 0 amide bonds. The van der Waals surface area contributed by atoms with Crippen LogP contribution in [0.15, 0.2) is 40.9 Å². The summed E-state index contributed by atoms with van der Waals surface area (Å²) >= 11 is 3.38. The minimum Gasteiger partial charge on any atom is -0.295 e. The molecular weight excluding hydrogens is 238 g/mol. The van der Waals surface area contributed by atoms with E-state index >= 15 is 0 Å². The lowest BCUT2D eigenvalue weighted by Gasteiger charge is -2.01. The van der Waals surface area contributed by atoms with Crippen LogP contribution in [0.25, 0.3) is 0 Å². The highest BCUT2D eigenvalue weighted by molar-refractivity contribution is 7.98. The lowest BCUT2D eigenvalue weighted by Crippen LogP contribution is -1.91. The molecule has 0 radical (unpaired) electrons. The van der Waals surface area contributed by atoms with Gasteiger partial charge in [-0.2, -0.15) is 0 Å². The van der Waals surface area contributed by atoms with E-state index in [9.17, 15) is 4.79 Å². The molecule has 0 fully saturated rings. The molecule has 0 unspecified atom stereocenters. The first-order valence-corrected chi connectivity index (χ1v) is 6.73. The van der Waals surface area contributed by atoms with E-state index < -0.39 is 0 Å². The number of thioether (sulfide) groups is 1. The summed E-state index contributed by atoms with van der Waals surface area (Å²) in [4.78, 5) is 17.6. The Morgan fingerprint density at radius 1 is 1.50 bits per heavy atom. The van der Waals surface area contributed by atoms with E-state index in [1.165, 1.54) is 4.88 Å². The summed E-state index contributed by atoms with van der Waals surface area (Å²) in [7, 11) is 0. The van der Waals surface area contributed by atoms with E-state index in [0.717, 1.165) is 16.2 Å². The van der Waals surface area contributed by atoms with Crippen LogP contribution in [0.3, 0.4) is 0 Å². The molecule has 2 aromatic rings. The second-order valence-corrected chi connectivity index (χ2v) is 5.36. The highest BCUT2D eigenvalue weighted by Crippen LogP contribution is 2.25. The maximum atomic E-state index is 11.2. The summed E-state index contributed by atoms with van der Waals surface area (Å²) in [5.41, 5.74) is 2.61. The number of Topliss-reactive ketones (excluding diaryl/α,β-unsaturated/α-hetero) is 1. The maximum absolute atomic E-state index is 11.2. The highest BCUT2D eigenvalue weighted by atomic mass is 32.2. The average molecular weight is 249 g/mol. The maximum Gasteiger partial charge on any atom is 0.159 e. The van der Waals surface area contributed by atoms with Gasteiger partial charge >= 0.3 is 0 Å². The Balaban J connectivity index is 2.04. The van der Waals surface area contributed by atoms with E-state index in [1.54, 1.807) is 30.0 Å². The van der Waals surface area contributed by atoms with Gasteiger partial charge in [-0.1, -0.05) is 12.1 Å². The smallest absolute Gasteiger partial charge is 0.159 e. The standard InChI is InChI=1S/C12H11NOS2/c1-9(14)10-3-2-4-11(5-10)15-7-12-6-13-8-16-12/h2-6,8H,7H2,1H3. The van der Waals surface area contributed by atoms with Gasteiger partial charge in [-0.15, -0.1) is 23.1 Å². The Hall–Kier alpha value is -1.13. The predicted molar refractivity (Wildman–Crippen MR) is 68.1 cm³/mol. The van der Waals surface area contributed by atoms with Gasteiger partial charge in [0.2, 0.25) is 0 Å². The number of aromatic nitrogens is 1. The Morgan fingerprint density at radius 2 is 2.38 bits per heavy atom. The van der Waals surface area contributed by atoms with Crippen LogP contribution in [0.4, 0.5) is 0 Å². The van der Waals surface area contributed by atoms with Gasteiger partial charge in [0.1, 0.15) is 0 Å². The number of thiazole rings is 1. The van der Waals surface area contributed by atoms with Crippen LogP contribution in [0.2, 0.25) is 0 Å². The molecule has 0 saturated heterocycles. The minimum atomic E-state index is 0.111. The van der Waals surface area contributed by atoms with Crippen LogP contribution in [-0.4, -0.2) is 10.8 Å². The van der Waals surface area contributed by atoms with Gasteiger partial charge in [0.05, 0.1) is 5.51 Å². The number of ketones is 1. The van der Waals surface area contributed by atoms with Crippen molar-refractivity contribution < 1.29 is 4.79 Å². The van der Waals surface area contributed by atoms with Crippen molar-refractivity contribution >= 4 is 28.9 Å². The molecule has 0 aliphatic rings. The molecule has 16 heavy (non-hydrogen) atoms. The van der Waals surface area contributed by atoms with Crippen LogP contribution in [-0.2, 0) is 5.75 Å². The third-order valence-electron chi connectivity index (χ3n) is 2.11. The average Bonchev–Trinajstić information content (AvgIpc) is 2.79. The first kappa shape index (κ1) is 11.4. The fourth-order valence-electron chi connectivity index (χ4n) is 1.27. The number of hydrogen-bond donors (Lipinski definition) is 0. The van der Waals surface area contributed by atoms with E-state index in [2.05, 4.69) is 4.98 Å². The van der Waals surface area contributed by atoms with Crippen molar-refractivity contribution in [3.05, 3.63) is 46.4 Å². The molecule has 0 aliphatic carbocycles.